The molecule has 0 aromatic carbocycles. The molecule has 2 aromatic heterocycles. The van der Waals surface area contributed by atoms with Gasteiger partial charge in [0.1, 0.15) is 11.6 Å². The van der Waals surface area contributed by atoms with Crippen LogP contribution in [0.3, 0.4) is 0 Å². The molecule has 5 nitrogen and oxygen atoms in total. The summed E-state index contributed by atoms with van der Waals surface area (Å²) < 4.78 is 2.28. The molecule has 106 valence electrons. The van der Waals surface area contributed by atoms with Gasteiger partial charge in [-0.3, -0.25) is 0 Å². The number of thioether (sulfide) groups is 1. The molecule has 1 aliphatic heterocycles. The van der Waals surface area contributed by atoms with Crippen LogP contribution in [0.4, 0.5) is 5.82 Å². The standard InChI is InChI=1S/C14H19N5S/c1-15-13-11(6-5-8-16-13)10-20-14-18-17-12-7-3-2-4-9-19(12)14/h5-6,8H,2-4,7,9-10H2,1H3,(H,15,16). The second-order valence-electron chi connectivity index (χ2n) is 4.91. The maximum absolute atomic E-state index is 4.35. The van der Waals surface area contributed by atoms with Crippen LogP contribution in [0.1, 0.15) is 30.7 Å². The molecule has 0 bridgehead atoms. The molecule has 2 aromatic rings. The van der Waals surface area contributed by atoms with Crippen molar-refractivity contribution in [1.29, 1.82) is 0 Å². The molecule has 0 unspecified atom stereocenters. The summed E-state index contributed by atoms with van der Waals surface area (Å²) in [5.74, 6) is 2.95. The van der Waals surface area contributed by atoms with Crippen LogP contribution < -0.4 is 5.32 Å². The first-order valence-corrected chi connectivity index (χ1v) is 8.03. The predicted octanol–water partition coefficient (Wildman–Crippen LogP) is 2.73. The lowest BCUT2D eigenvalue weighted by Crippen LogP contribution is -2.03. The molecule has 0 aliphatic carbocycles. The van der Waals surface area contributed by atoms with E-state index in [0.29, 0.717) is 0 Å². The maximum atomic E-state index is 4.35. The molecule has 0 radical (unpaired) electrons. The van der Waals surface area contributed by atoms with Gasteiger partial charge in [0.25, 0.3) is 0 Å². The average Bonchev–Trinajstić information content (AvgIpc) is 2.72. The highest BCUT2D eigenvalue weighted by atomic mass is 32.2. The van der Waals surface area contributed by atoms with Crippen molar-refractivity contribution >= 4 is 17.6 Å². The summed E-state index contributed by atoms with van der Waals surface area (Å²) in [6, 6.07) is 4.08. The van der Waals surface area contributed by atoms with Crippen LogP contribution in [-0.4, -0.2) is 26.8 Å². The van der Waals surface area contributed by atoms with E-state index in [9.17, 15) is 0 Å². The Hall–Kier alpha value is -1.56. The Morgan fingerprint density at radius 1 is 1.30 bits per heavy atom. The Morgan fingerprint density at radius 3 is 3.15 bits per heavy atom. The summed E-state index contributed by atoms with van der Waals surface area (Å²) in [5, 5.41) is 12.8. The lowest BCUT2D eigenvalue weighted by atomic mass is 10.2. The topological polar surface area (TPSA) is 55.6 Å². The highest BCUT2D eigenvalue weighted by Crippen LogP contribution is 2.26. The van der Waals surface area contributed by atoms with Gasteiger partial charge in [0.2, 0.25) is 0 Å². The second-order valence-corrected chi connectivity index (χ2v) is 5.85. The van der Waals surface area contributed by atoms with E-state index in [2.05, 4.69) is 31.1 Å². The molecule has 6 heteroatoms. The summed E-state index contributed by atoms with van der Waals surface area (Å²) >= 11 is 1.74. The van der Waals surface area contributed by atoms with Crippen molar-refractivity contribution < 1.29 is 0 Å². The summed E-state index contributed by atoms with van der Waals surface area (Å²) in [6.07, 6.45) is 6.62. The Morgan fingerprint density at radius 2 is 2.25 bits per heavy atom. The first-order chi connectivity index (χ1) is 9.88. The van der Waals surface area contributed by atoms with Crippen molar-refractivity contribution in [3.63, 3.8) is 0 Å². The zero-order valence-corrected chi connectivity index (χ0v) is 12.5. The largest absolute Gasteiger partial charge is 0.373 e. The lowest BCUT2D eigenvalue weighted by Gasteiger charge is -2.08. The number of nitrogens with zero attached hydrogens (tertiary/aromatic N) is 4. The second kappa shape index (κ2) is 6.26. The summed E-state index contributed by atoms with van der Waals surface area (Å²) in [5.41, 5.74) is 1.20. The summed E-state index contributed by atoms with van der Waals surface area (Å²) in [4.78, 5) is 4.33. The third-order valence-electron chi connectivity index (χ3n) is 3.56. The third kappa shape index (κ3) is 2.80. The molecule has 1 N–H and O–H groups in total. The van der Waals surface area contributed by atoms with Gasteiger partial charge in [-0.15, -0.1) is 10.2 Å². The van der Waals surface area contributed by atoms with Gasteiger partial charge in [0.05, 0.1) is 0 Å². The van der Waals surface area contributed by atoms with Crippen LogP contribution in [0, 0.1) is 0 Å². The summed E-state index contributed by atoms with van der Waals surface area (Å²) in [7, 11) is 1.90. The van der Waals surface area contributed by atoms with Crippen molar-refractivity contribution in [1.82, 2.24) is 19.7 Å². The van der Waals surface area contributed by atoms with Crippen molar-refractivity contribution in [2.75, 3.05) is 12.4 Å². The number of aromatic nitrogens is 4. The normalized spacial score (nSPS) is 14.7. The van der Waals surface area contributed by atoms with Crippen molar-refractivity contribution in [2.45, 2.75) is 43.1 Å². The van der Waals surface area contributed by atoms with Crippen molar-refractivity contribution in [3.05, 3.63) is 29.7 Å². The van der Waals surface area contributed by atoms with Crippen LogP contribution in [0.15, 0.2) is 23.5 Å². The SMILES string of the molecule is CNc1ncccc1CSc1nnc2n1CCCCC2. The zero-order chi connectivity index (χ0) is 13.8. The molecular formula is C14H19N5S. The Kier molecular flexibility index (Phi) is 4.20. The van der Waals surface area contributed by atoms with Gasteiger partial charge in [-0.25, -0.2) is 4.98 Å². The number of rotatable bonds is 4. The fraction of sp³-hybridized carbons (Fsp3) is 0.500. The van der Waals surface area contributed by atoms with Gasteiger partial charge in [-0.1, -0.05) is 24.2 Å². The van der Waals surface area contributed by atoms with E-state index in [0.717, 1.165) is 35.5 Å². The van der Waals surface area contributed by atoms with E-state index < -0.39 is 0 Å². The minimum Gasteiger partial charge on any atom is -0.373 e. The van der Waals surface area contributed by atoms with E-state index >= 15 is 0 Å². The molecule has 3 heterocycles. The number of hydrogen-bond donors (Lipinski definition) is 1. The molecule has 0 spiro atoms. The Balaban J connectivity index is 1.74. The molecule has 0 fully saturated rings. The first-order valence-electron chi connectivity index (χ1n) is 7.05. The quantitative estimate of drug-likeness (QED) is 0.877. The van der Waals surface area contributed by atoms with Gasteiger partial charge in [0, 0.05) is 37.5 Å². The zero-order valence-electron chi connectivity index (χ0n) is 11.7. The number of hydrogen-bond acceptors (Lipinski definition) is 5. The van der Waals surface area contributed by atoms with Gasteiger partial charge < -0.3 is 9.88 Å². The van der Waals surface area contributed by atoms with Crippen LogP contribution in [0.25, 0.3) is 0 Å². The number of anilines is 1. The molecule has 3 rings (SSSR count). The molecular weight excluding hydrogens is 270 g/mol. The average molecular weight is 289 g/mol. The van der Waals surface area contributed by atoms with Crippen LogP contribution in [0.2, 0.25) is 0 Å². The van der Waals surface area contributed by atoms with E-state index in [1.807, 2.05) is 19.3 Å². The van der Waals surface area contributed by atoms with E-state index in [4.69, 9.17) is 0 Å². The van der Waals surface area contributed by atoms with E-state index in [1.165, 1.54) is 24.8 Å². The highest BCUT2D eigenvalue weighted by Gasteiger charge is 2.15. The smallest absolute Gasteiger partial charge is 0.191 e. The third-order valence-corrected chi connectivity index (χ3v) is 4.58. The van der Waals surface area contributed by atoms with Crippen molar-refractivity contribution in [2.24, 2.45) is 0 Å². The van der Waals surface area contributed by atoms with Crippen LogP contribution >= 0.6 is 11.8 Å². The predicted molar refractivity (Wildman–Crippen MR) is 80.9 cm³/mol. The van der Waals surface area contributed by atoms with Crippen LogP contribution in [-0.2, 0) is 18.7 Å². The van der Waals surface area contributed by atoms with Gasteiger partial charge in [-0.2, -0.15) is 0 Å². The Bertz CT molecular complexity index is 581. The highest BCUT2D eigenvalue weighted by molar-refractivity contribution is 7.98. The first kappa shape index (κ1) is 13.4. The fourth-order valence-electron chi connectivity index (χ4n) is 2.49. The van der Waals surface area contributed by atoms with Gasteiger partial charge in [0.15, 0.2) is 5.16 Å². The maximum Gasteiger partial charge on any atom is 0.191 e. The van der Waals surface area contributed by atoms with Crippen LogP contribution in [0.5, 0.6) is 0 Å². The molecule has 20 heavy (non-hydrogen) atoms. The monoisotopic (exact) mass is 289 g/mol. The minimum absolute atomic E-state index is 0.863. The van der Waals surface area contributed by atoms with Gasteiger partial charge >= 0.3 is 0 Å². The molecule has 0 atom stereocenters. The van der Waals surface area contributed by atoms with Gasteiger partial charge in [-0.05, 0) is 18.9 Å². The molecule has 0 saturated heterocycles. The lowest BCUT2D eigenvalue weighted by molar-refractivity contribution is 0.591. The molecule has 0 amide bonds. The van der Waals surface area contributed by atoms with Crippen molar-refractivity contribution in [3.8, 4) is 0 Å². The molecule has 1 aliphatic rings. The number of nitrogens with one attached hydrogen (secondary N) is 1. The molecule has 0 saturated carbocycles. The Labute approximate surface area is 123 Å². The number of pyridine rings is 1. The van der Waals surface area contributed by atoms with E-state index in [1.54, 1.807) is 11.8 Å². The van der Waals surface area contributed by atoms with E-state index in [-0.39, 0.29) is 0 Å². The number of fused-ring (bicyclic) bond motifs is 1. The number of aryl methyl sites for hydroxylation is 1. The fourth-order valence-corrected chi connectivity index (χ4v) is 3.46. The summed E-state index contributed by atoms with van der Waals surface area (Å²) in [6.45, 7) is 1.05. The minimum atomic E-state index is 0.863.